The first kappa shape index (κ1) is 15.6. The Morgan fingerprint density at radius 1 is 0.783 bits per heavy atom. The molecule has 0 aromatic carbocycles. The molecule has 122 valence electrons. The molecule has 2 N–H and O–H groups in total. The van der Waals surface area contributed by atoms with Crippen LogP contribution >= 0.6 is 0 Å². The summed E-state index contributed by atoms with van der Waals surface area (Å²) in [4.78, 5) is 0. The Balaban J connectivity index is 2.03. The van der Waals surface area contributed by atoms with Crippen LogP contribution in [0.5, 0.6) is 0 Å². The van der Waals surface area contributed by atoms with Gasteiger partial charge in [0.05, 0.1) is 18.8 Å². The van der Waals surface area contributed by atoms with Crippen molar-refractivity contribution in [2.75, 3.05) is 0 Å². The Labute approximate surface area is 133 Å². The number of rotatable bonds is 7. The van der Waals surface area contributed by atoms with Crippen LogP contribution in [0.4, 0.5) is 0 Å². The van der Waals surface area contributed by atoms with Gasteiger partial charge in [-0.25, -0.2) is 13.6 Å². The van der Waals surface area contributed by atoms with Gasteiger partial charge in [0.15, 0.2) is 0 Å². The maximum Gasteiger partial charge on any atom is 0.216 e. The van der Waals surface area contributed by atoms with Gasteiger partial charge in [0, 0.05) is 19.3 Å². The van der Waals surface area contributed by atoms with Gasteiger partial charge in [0.1, 0.15) is 22.0 Å². The molecular formula is C16H17NO5S. The van der Waals surface area contributed by atoms with Crippen LogP contribution < -0.4 is 5.14 Å². The van der Waals surface area contributed by atoms with E-state index in [-0.39, 0.29) is 19.3 Å². The highest BCUT2D eigenvalue weighted by Crippen LogP contribution is 2.31. The fourth-order valence-corrected chi connectivity index (χ4v) is 3.71. The summed E-state index contributed by atoms with van der Waals surface area (Å²) in [6, 6.07) is 10.3. The highest BCUT2D eigenvalue weighted by Gasteiger charge is 2.44. The molecule has 0 amide bonds. The predicted octanol–water partition coefficient (Wildman–Crippen LogP) is 2.52. The standard InChI is InChI=1S/C16H17NO5S/c17-23(18,19)16(10-13-4-1-7-20-13,11-14-5-2-8-21-14)12-15-6-3-9-22-15/h1-9H,10-12H2,(H2,17,18,19). The molecule has 3 rings (SSSR count). The van der Waals surface area contributed by atoms with Crippen LogP contribution in [-0.4, -0.2) is 13.2 Å². The minimum Gasteiger partial charge on any atom is -0.469 e. The first-order chi connectivity index (χ1) is 11.0. The molecule has 0 aliphatic rings. The lowest BCUT2D eigenvalue weighted by Gasteiger charge is -2.29. The van der Waals surface area contributed by atoms with E-state index in [1.54, 1.807) is 36.4 Å². The zero-order valence-electron chi connectivity index (χ0n) is 12.3. The van der Waals surface area contributed by atoms with Crippen molar-refractivity contribution in [2.24, 2.45) is 5.14 Å². The van der Waals surface area contributed by atoms with Crippen LogP contribution in [-0.2, 0) is 29.3 Å². The molecule has 0 fully saturated rings. The molecule has 0 saturated heterocycles. The van der Waals surface area contributed by atoms with Crippen LogP contribution in [0.25, 0.3) is 0 Å². The van der Waals surface area contributed by atoms with Crippen molar-refractivity contribution in [3.8, 4) is 0 Å². The summed E-state index contributed by atoms with van der Waals surface area (Å²) in [7, 11) is -3.93. The topological polar surface area (TPSA) is 99.6 Å². The summed E-state index contributed by atoms with van der Waals surface area (Å²) < 4.78 is 39.7. The summed E-state index contributed by atoms with van der Waals surface area (Å²) in [5, 5.41) is 5.61. The maximum atomic E-state index is 12.5. The molecule has 0 aliphatic carbocycles. The second-order valence-electron chi connectivity index (χ2n) is 5.50. The number of hydrogen-bond donors (Lipinski definition) is 1. The highest BCUT2D eigenvalue weighted by atomic mass is 32.2. The molecule has 6 nitrogen and oxygen atoms in total. The molecule has 3 aromatic rings. The quantitative estimate of drug-likeness (QED) is 0.715. The summed E-state index contributed by atoms with van der Waals surface area (Å²) in [5.41, 5.74) is 0. The van der Waals surface area contributed by atoms with Crippen molar-refractivity contribution in [3.05, 3.63) is 72.5 Å². The molecule has 3 aromatic heterocycles. The van der Waals surface area contributed by atoms with Crippen LogP contribution in [0.3, 0.4) is 0 Å². The van der Waals surface area contributed by atoms with Gasteiger partial charge in [0.25, 0.3) is 0 Å². The third-order valence-corrected chi connectivity index (χ3v) is 5.47. The average Bonchev–Trinajstić information content (AvgIpc) is 3.19. The van der Waals surface area contributed by atoms with Gasteiger partial charge in [-0.2, -0.15) is 0 Å². The Hall–Kier alpha value is -2.25. The van der Waals surface area contributed by atoms with E-state index in [1.807, 2.05) is 0 Å². The number of nitrogens with two attached hydrogens (primary N) is 1. The molecule has 3 heterocycles. The van der Waals surface area contributed by atoms with Crippen LogP contribution in [0.2, 0.25) is 0 Å². The summed E-state index contributed by atoms with van der Waals surface area (Å²) in [6.45, 7) is 0. The zero-order chi connectivity index (χ0) is 16.3. The molecule has 0 atom stereocenters. The third-order valence-electron chi connectivity index (χ3n) is 3.83. The fourth-order valence-electron chi connectivity index (χ4n) is 2.68. The van der Waals surface area contributed by atoms with E-state index in [0.717, 1.165) is 0 Å². The molecular weight excluding hydrogens is 318 g/mol. The molecule has 0 unspecified atom stereocenters. The zero-order valence-corrected chi connectivity index (χ0v) is 13.2. The van der Waals surface area contributed by atoms with Gasteiger partial charge in [-0.3, -0.25) is 0 Å². The lowest BCUT2D eigenvalue weighted by Crippen LogP contribution is -2.49. The van der Waals surface area contributed by atoms with Gasteiger partial charge >= 0.3 is 0 Å². The van der Waals surface area contributed by atoms with Crippen LogP contribution in [0.1, 0.15) is 17.3 Å². The molecule has 0 bridgehead atoms. The van der Waals surface area contributed by atoms with Crippen LogP contribution in [0, 0.1) is 0 Å². The van der Waals surface area contributed by atoms with Gasteiger partial charge in [-0.05, 0) is 36.4 Å². The number of furan rings is 3. The molecule has 0 aliphatic heterocycles. The number of hydrogen-bond acceptors (Lipinski definition) is 5. The maximum absolute atomic E-state index is 12.5. The lowest BCUT2D eigenvalue weighted by atomic mass is 9.92. The lowest BCUT2D eigenvalue weighted by molar-refractivity contribution is 0.383. The molecule has 0 radical (unpaired) electrons. The summed E-state index contributed by atoms with van der Waals surface area (Å²) in [5.74, 6) is 1.62. The number of sulfonamides is 1. The first-order valence-electron chi connectivity index (χ1n) is 7.08. The van der Waals surface area contributed by atoms with Crippen LogP contribution in [0.15, 0.2) is 68.4 Å². The molecule has 0 saturated carbocycles. The van der Waals surface area contributed by atoms with E-state index in [2.05, 4.69) is 0 Å². The van der Waals surface area contributed by atoms with Gasteiger partial charge in [0.2, 0.25) is 10.0 Å². The molecule has 0 spiro atoms. The van der Waals surface area contributed by atoms with E-state index in [4.69, 9.17) is 18.4 Å². The summed E-state index contributed by atoms with van der Waals surface area (Å²) in [6.07, 6.45) is 4.88. The minimum atomic E-state index is -3.93. The second kappa shape index (κ2) is 6.10. The first-order valence-corrected chi connectivity index (χ1v) is 8.63. The monoisotopic (exact) mass is 335 g/mol. The van der Waals surface area contributed by atoms with Gasteiger partial charge < -0.3 is 13.3 Å². The smallest absolute Gasteiger partial charge is 0.216 e. The SMILES string of the molecule is NS(=O)(=O)C(Cc1ccco1)(Cc1ccco1)Cc1ccco1. The summed E-state index contributed by atoms with van der Waals surface area (Å²) >= 11 is 0. The van der Waals surface area contributed by atoms with Crippen molar-refractivity contribution >= 4 is 10.0 Å². The van der Waals surface area contributed by atoms with E-state index >= 15 is 0 Å². The average molecular weight is 335 g/mol. The van der Waals surface area contributed by atoms with Gasteiger partial charge in [-0.15, -0.1) is 0 Å². The van der Waals surface area contributed by atoms with E-state index in [1.165, 1.54) is 18.8 Å². The van der Waals surface area contributed by atoms with E-state index < -0.39 is 14.8 Å². The van der Waals surface area contributed by atoms with E-state index in [0.29, 0.717) is 17.3 Å². The Morgan fingerprint density at radius 2 is 1.13 bits per heavy atom. The Bertz CT molecular complexity index is 728. The predicted molar refractivity (Wildman–Crippen MR) is 83.1 cm³/mol. The highest BCUT2D eigenvalue weighted by molar-refractivity contribution is 7.90. The Kier molecular flexibility index (Phi) is 4.14. The second-order valence-corrected chi connectivity index (χ2v) is 7.45. The van der Waals surface area contributed by atoms with Crippen molar-refractivity contribution in [1.29, 1.82) is 0 Å². The fraction of sp³-hybridized carbons (Fsp3) is 0.250. The molecule has 7 heteroatoms. The number of primary sulfonamides is 1. The molecule has 23 heavy (non-hydrogen) atoms. The van der Waals surface area contributed by atoms with Crippen molar-refractivity contribution in [3.63, 3.8) is 0 Å². The van der Waals surface area contributed by atoms with Crippen molar-refractivity contribution < 1.29 is 21.7 Å². The minimum absolute atomic E-state index is 0.125. The Morgan fingerprint density at radius 3 is 1.35 bits per heavy atom. The normalized spacial score (nSPS) is 12.6. The third kappa shape index (κ3) is 3.40. The van der Waals surface area contributed by atoms with Crippen molar-refractivity contribution in [2.45, 2.75) is 24.0 Å². The van der Waals surface area contributed by atoms with Gasteiger partial charge in [-0.1, -0.05) is 0 Å². The largest absolute Gasteiger partial charge is 0.469 e. The van der Waals surface area contributed by atoms with E-state index in [9.17, 15) is 8.42 Å². The van der Waals surface area contributed by atoms with Crippen molar-refractivity contribution in [1.82, 2.24) is 0 Å².